The number of halogens is 4. The lowest BCUT2D eigenvalue weighted by Crippen LogP contribution is -2.11. The summed E-state index contributed by atoms with van der Waals surface area (Å²) in [5, 5.41) is 2.79. The number of benzene rings is 1. The first-order valence-electron chi connectivity index (χ1n) is 5.38. The summed E-state index contributed by atoms with van der Waals surface area (Å²) in [6, 6.07) is 3.28. The van der Waals surface area contributed by atoms with Crippen LogP contribution in [0.5, 0.6) is 0 Å². The molecule has 0 spiro atoms. The van der Waals surface area contributed by atoms with E-state index < -0.39 is 21.6 Å². The highest BCUT2D eigenvalue weighted by molar-refractivity contribution is 9.10. The molecule has 0 aliphatic rings. The number of anilines is 1. The molecule has 0 radical (unpaired) electrons. The Bertz CT molecular complexity index is 543. The van der Waals surface area contributed by atoms with Crippen molar-refractivity contribution in [2.75, 3.05) is 23.9 Å². The van der Waals surface area contributed by atoms with Crippen LogP contribution in [-0.4, -0.2) is 27.0 Å². The number of nitrogens with one attached hydrogen (secondary N) is 1. The molecule has 0 aromatic heterocycles. The summed E-state index contributed by atoms with van der Waals surface area (Å²) in [6.07, 6.45) is -2.95. The summed E-state index contributed by atoms with van der Waals surface area (Å²) in [6.45, 7) is 0.285. The number of alkyl halides is 3. The summed E-state index contributed by atoms with van der Waals surface area (Å²) >= 11 is 3.14. The Kier molecular flexibility index (Phi) is 5.26. The van der Waals surface area contributed by atoms with Gasteiger partial charge in [0.2, 0.25) is 0 Å². The highest BCUT2D eigenvalue weighted by atomic mass is 79.9. The van der Waals surface area contributed by atoms with Gasteiger partial charge in [0, 0.05) is 23.0 Å². The minimum Gasteiger partial charge on any atom is -0.384 e. The fourth-order valence-electron chi connectivity index (χ4n) is 1.39. The zero-order chi connectivity index (χ0) is 14.7. The second-order valence-corrected chi connectivity index (χ2v) is 7.22. The van der Waals surface area contributed by atoms with Crippen LogP contribution in [0.15, 0.2) is 22.7 Å². The molecule has 1 rings (SSSR count). The molecule has 0 amide bonds. The van der Waals surface area contributed by atoms with E-state index in [-0.39, 0.29) is 12.3 Å². The molecule has 1 aromatic rings. The predicted octanol–water partition coefficient (Wildman–Crippen LogP) is 3.31. The van der Waals surface area contributed by atoms with E-state index in [1.807, 2.05) is 0 Å². The van der Waals surface area contributed by atoms with E-state index in [9.17, 15) is 21.6 Å². The van der Waals surface area contributed by atoms with Gasteiger partial charge in [-0.3, -0.25) is 0 Å². The molecule has 0 fully saturated rings. The first kappa shape index (κ1) is 16.3. The minimum atomic E-state index is -4.40. The monoisotopic (exact) mass is 359 g/mol. The predicted molar refractivity (Wildman–Crippen MR) is 72.0 cm³/mol. The molecular weight excluding hydrogens is 347 g/mol. The maximum Gasteiger partial charge on any atom is 0.416 e. The van der Waals surface area contributed by atoms with Crippen molar-refractivity contribution in [3.63, 3.8) is 0 Å². The number of rotatable bonds is 5. The second-order valence-electron chi connectivity index (χ2n) is 4.10. The van der Waals surface area contributed by atoms with Crippen LogP contribution in [0.3, 0.4) is 0 Å². The lowest BCUT2D eigenvalue weighted by atomic mass is 10.2. The maximum atomic E-state index is 12.5. The van der Waals surface area contributed by atoms with Gasteiger partial charge in [-0.25, -0.2) is 8.42 Å². The van der Waals surface area contributed by atoms with Gasteiger partial charge in [-0.05, 0) is 40.5 Å². The van der Waals surface area contributed by atoms with Crippen LogP contribution in [0, 0.1) is 0 Å². The van der Waals surface area contributed by atoms with Gasteiger partial charge >= 0.3 is 6.18 Å². The summed E-state index contributed by atoms with van der Waals surface area (Å²) in [5.74, 6) is -0.00339. The Morgan fingerprint density at radius 3 is 2.47 bits per heavy atom. The Labute approximate surface area is 118 Å². The normalized spacial score (nSPS) is 12.5. The van der Waals surface area contributed by atoms with Gasteiger partial charge in [0.1, 0.15) is 9.84 Å². The second kappa shape index (κ2) is 6.13. The van der Waals surface area contributed by atoms with Crippen LogP contribution in [0.25, 0.3) is 0 Å². The van der Waals surface area contributed by atoms with Crippen LogP contribution in [0.2, 0.25) is 0 Å². The molecule has 1 N–H and O–H groups in total. The van der Waals surface area contributed by atoms with E-state index in [1.165, 1.54) is 6.07 Å². The lowest BCUT2D eigenvalue weighted by Gasteiger charge is -2.12. The van der Waals surface area contributed by atoms with Crippen molar-refractivity contribution in [1.82, 2.24) is 0 Å². The minimum absolute atomic E-state index is 0.00339. The van der Waals surface area contributed by atoms with E-state index in [4.69, 9.17) is 0 Å². The van der Waals surface area contributed by atoms with Gasteiger partial charge in [-0.15, -0.1) is 0 Å². The Hall–Kier alpha value is -0.760. The molecule has 0 saturated carbocycles. The van der Waals surface area contributed by atoms with E-state index in [0.717, 1.165) is 18.4 Å². The average molecular weight is 360 g/mol. The van der Waals surface area contributed by atoms with Crippen molar-refractivity contribution in [2.45, 2.75) is 12.6 Å². The molecule has 0 aliphatic heterocycles. The number of sulfone groups is 1. The van der Waals surface area contributed by atoms with Crippen LogP contribution in [0.4, 0.5) is 18.9 Å². The third kappa shape index (κ3) is 5.82. The average Bonchev–Trinajstić information content (AvgIpc) is 2.23. The van der Waals surface area contributed by atoms with E-state index in [2.05, 4.69) is 21.2 Å². The Morgan fingerprint density at radius 2 is 1.95 bits per heavy atom. The first-order chi connectivity index (χ1) is 8.59. The van der Waals surface area contributed by atoms with Gasteiger partial charge in [0.15, 0.2) is 0 Å². The third-order valence-electron chi connectivity index (χ3n) is 2.30. The van der Waals surface area contributed by atoms with Crippen molar-refractivity contribution >= 4 is 31.5 Å². The molecule has 19 heavy (non-hydrogen) atoms. The molecule has 0 unspecified atom stereocenters. The SMILES string of the molecule is CS(=O)(=O)CCCNc1cc(C(F)(F)F)ccc1Br. The quantitative estimate of drug-likeness (QED) is 0.820. The van der Waals surface area contributed by atoms with Crippen molar-refractivity contribution in [2.24, 2.45) is 0 Å². The standard InChI is InChI=1S/C11H13BrF3NO2S/c1-19(17,18)6-2-5-16-10-7-8(11(13,14)15)3-4-9(10)12/h3-4,7,16H,2,5-6H2,1H3. The number of hydrogen-bond donors (Lipinski definition) is 1. The largest absolute Gasteiger partial charge is 0.416 e. The topological polar surface area (TPSA) is 46.2 Å². The molecule has 3 nitrogen and oxygen atoms in total. The molecule has 8 heteroatoms. The fourth-order valence-corrected chi connectivity index (χ4v) is 2.45. The maximum absolute atomic E-state index is 12.5. The highest BCUT2D eigenvalue weighted by Gasteiger charge is 2.30. The molecule has 0 heterocycles. The summed E-state index contributed by atoms with van der Waals surface area (Å²) in [7, 11) is -3.05. The van der Waals surface area contributed by atoms with Crippen molar-refractivity contribution in [1.29, 1.82) is 0 Å². The van der Waals surface area contributed by atoms with Crippen molar-refractivity contribution in [3.05, 3.63) is 28.2 Å². The van der Waals surface area contributed by atoms with Crippen LogP contribution < -0.4 is 5.32 Å². The van der Waals surface area contributed by atoms with E-state index in [1.54, 1.807) is 0 Å². The zero-order valence-electron chi connectivity index (χ0n) is 10.1. The molecule has 108 valence electrons. The summed E-state index contributed by atoms with van der Waals surface area (Å²) in [4.78, 5) is 0. The Balaban J connectivity index is 2.68. The molecule has 0 bridgehead atoms. The first-order valence-corrected chi connectivity index (χ1v) is 8.23. The van der Waals surface area contributed by atoms with E-state index >= 15 is 0 Å². The Morgan fingerprint density at radius 1 is 1.32 bits per heavy atom. The molecular formula is C11H13BrF3NO2S. The van der Waals surface area contributed by atoms with Gasteiger partial charge in [-0.2, -0.15) is 13.2 Å². The third-order valence-corrected chi connectivity index (χ3v) is 4.02. The fraction of sp³-hybridized carbons (Fsp3) is 0.455. The summed E-state index contributed by atoms with van der Waals surface area (Å²) in [5.41, 5.74) is -0.454. The molecule has 0 aliphatic carbocycles. The molecule has 0 saturated heterocycles. The van der Waals surface area contributed by atoms with E-state index in [0.29, 0.717) is 16.6 Å². The molecule has 1 aromatic carbocycles. The number of hydrogen-bond acceptors (Lipinski definition) is 3. The van der Waals surface area contributed by atoms with Crippen molar-refractivity contribution in [3.8, 4) is 0 Å². The lowest BCUT2D eigenvalue weighted by molar-refractivity contribution is -0.137. The highest BCUT2D eigenvalue weighted by Crippen LogP contribution is 2.33. The van der Waals surface area contributed by atoms with Gasteiger partial charge in [0.25, 0.3) is 0 Å². The summed E-state index contributed by atoms with van der Waals surface area (Å²) < 4.78 is 59.9. The smallest absolute Gasteiger partial charge is 0.384 e. The van der Waals surface area contributed by atoms with Gasteiger partial charge in [-0.1, -0.05) is 0 Å². The molecule has 0 atom stereocenters. The van der Waals surface area contributed by atoms with Crippen molar-refractivity contribution < 1.29 is 21.6 Å². The van der Waals surface area contributed by atoms with Gasteiger partial charge < -0.3 is 5.32 Å². The van der Waals surface area contributed by atoms with Crippen LogP contribution in [0.1, 0.15) is 12.0 Å². The zero-order valence-corrected chi connectivity index (χ0v) is 12.5. The van der Waals surface area contributed by atoms with Crippen LogP contribution >= 0.6 is 15.9 Å². The van der Waals surface area contributed by atoms with Crippen LogP contribution in [-0.2, 0) is 16.0 Å². The van der Waals surface area contributed by atoms with Gasteiger partial charge in [0.05, 0.1) is 11.3 Å².